The van der Waals surface area contributed by atoms with Crippen molar-refractivity contribution in [1.29, 1.82) is 0 Å². The molecule has 2 aliphatic rings. The van der Waals surface area contributed by atoms with Crippen molar-refractivity contribution in [1.82, 2.24) is 4.90 Å². The molecule has 54 valence electrons. The molecule has 1 saturated heterocycles. The summed E-state index contributed by atoms with van der Waals surface area (Å²) in [7, 11) is 0. The van der Waals surface area contributed by atoms with Gasteiger partial charge in [-0.1, -0.05) is 0 Å². The fraction of sp³-hybridized carbons (Fsp3) is 0.500. The van der Waals surface area contributed by atoms with E-state index in [-0.39, 0.29) is 24.5 Å². The third-order valence-electron chi connectivity index (χ3n) is 1.66. The second-order valence-corrected chi connectivity index (χ2v) is 2.39. The fourth-order valence-corrected chi connectivity index (χ4v) is 1.08. The van der Waals surface area contributed by atoms with E-state index in [1.54, 1.807) is 0 Å². The Labute approximate surface area is 57.7 Å². The molecule has 1 fully saturated rings. The average Bonchev–Trinajstić information content (AvgIpc) is 1.92. The summed E-state index contributed by atoms with van der Waals surface area (Å²) < 4.78 is 5.05. The van der Waals surface area contributed by atoms with E-state index in [0.717, 1.165) is 0 Å². The highest BCUT2D eigenvalue weighted by molar-refractivity contribution is 5.83. The van der Waals surface area contributed by atoms with Crippen LogP contribution in [-0.4, -0.2) is 28.7 Å². The maximum atomic E-state index is 10.7. The molecule has 0 aromatic carbocycles. The zero-order chi connectivity index (χ0) is 7.14. The lowest BCUT2D eigenvalue weighted by atomic mass is 10.1. The highest BCUT2D eigenvalue weighted by Crippen LogP contribution is 2.24. The number of carbonyl (C=O) groups is 1. The monoisotopic (exact) mass is 141 g/mol. The maximum Gasteiger partial charge on any atom is 0.233 e. The Balaban J connectivity index is 2.18. The average molecular weight is 141 g/mol. The van der Waals surface area contributed by atoms with Crippen molar-refractivity contribution >= 4 is 5.91 Å². The number of carbonyl (C=O) groups excluding carboxylic acids is 1. The molecule has 1 N–H and O–H groups in total. The van der Waals surface area contributed by atoms with Crippen molar-refractivity contribution in [2.24, 2.45) is 0 Å². The van der Waals surface area contributed by atoms with E-state index in [1.165, 1.54) is 11.1 Å². The van der Waals surface area contributed by atoms with Crippen LogP contribution in [0.1, 0.15) is 6.42 Å². The van der Waals surface area contributed by atoms with Gasteiger partial charge in [0, 0.05) is 6.20 Å². The number of amides is 1. The molecule has 4 heteroatoms. The lowest BCUT2D eigenvalue weighted by Gasteiger charge is -2.39. The molecule has 2 aliphatic heterocycles. The van der Waals surface area contributed by atoms with Crippen molar-refractivity contribution in [3.8, 4) is 0 Å². The van der Waals surface area contributed by atoms with Gasteiger partial charge in [0.15, 0.2) is 0 Å². The van der Waals surface area contributed by atoms with Crippen LogP contribution in [0.25, 0.3) is 0 Å². The molecule has 1 atom stereocenters. The predicted octanol–water partition coefficient (Wildman–Crippen LogP) is -0.0256. The second-order valence-electron chi connectivity index (χ2n) is 2.39. The van der Waals surface area contributed by atoms with Crippen molar-refractivity contribution in [3.63, 3.8) is 0 Å². The first-order valence-electron chi connectivity index (χ1n) is 3.10. The number of fused-ring (bicyclic) bond motifs is 1. The van der Waals surface area contributed by atoms with Gasteiger partial charge in [0.25, 0.3) is 0 Å². The van der Waals surface area contributed by atoms with Crippen molar-refractivity contribution in [3.05, 3.63) is 12.0 Å². The molecule has 0 aromatic rings. The summed E-state index contributed by atoms with van der Waals surface area (Å²) >= 11 is 0. The lowest BCUT2D eigenvalue weighted by molar-refractivity contribution is -0.169. The number of aliphatic hydroxyl groups excluding tert-OH is 1. The first-order valence-corrected chi connectivity index (χ1v) is 3.10. The number of nitrogens with zero attached hydrogens (tertiary/aromatic N) is 1. The quantitative estimate of drug-likeness (QED) is 0.482. The van der Waals surface area contributed by atoms with E-state index in [4.69, 9.17) is 9.84 Å². The van der Waals surface area contributed by atoms with E-state index in [9.17, 15) is 4.79 Å². The molecule has 1 amide bonds. The number of rotatable bonds is 0. The smallest absolute Gasteiger partial charge is 0.233 e. The minimum Gasteiger partial charge on any atom is -0.508 e. The van der Waals surface area contributed by atoms with Gasteiger partial charge in [0.1, 0.15) is 18.6 Å². The molecule has 0 spiro atoms. The van der Waals surface area contributed by atoms with Gasteiger partial charge in [-0.3, -0.25) is 9.69 Å². The molecule has 10 heavy (non-hydrogen) atoms. The first-order chi connectivity index (χ1) is 4.77. The molecule has 0 unspecified atom stereocenters. The maximum absolute atomic E-state index is 10.7. The van der Waals surface area contributed by atoms with Gasteiger partial charge in [-0.15, -0.1) is 0 Å². The highest BCUT2D eigenvalue weighted by atomic mass is 16.5. The number of hydrogen-bond acceptors (Lipinski definition) is 3. The summed E-state index contributed by atoms with van der Waals surface area (Å²) in [6.07, 6.45) is 1.77. The SMILES string of the molecule is O=C1C[C@@H]2OCC(O)=CN12. The molecular weight excluding hydrogens is 134 g/mol. The molecule has 0 saturated carbocycles. The fourth-order valence-electron chi connectivity index (χ4n) is 1.08. The van der Waals surface area contributed by atoms with Crippen LogP contribution in [0, 0.1) is 0 Å². The molecule has 0 bridgehead atoms. The van der Waals surface area contributed by atoms with Crippen LogP contribution >= 0.6 is 0 Å². The van der Waals surface area contributed by atoms with Crippen LogP contribution in [-0.2, 0) is 9.53 Å². The zero-order valence-corrected chi connectivity index (χ0v) is 5.28. The molecular formula is C6H7NO3. The largest absolute Gasteiger partial charge is 0.508 e. The summed E-state index contributed by atoms with van der Waals surface area (Å²) in [6, 6.07) is 0. The molecule has 2 rings (SSSR count). The van der Waals surface area contributed by atoms with Gasteiger partial charge in [0.05, 0.1) is 6.42 Å². The van der Waals surface area contributed by atoms with Gasteiger partial charge < -0.3 is 9.84 Å². The summed E-state index contributed by atoms with van der Waals surface area (Å²) in [5.41, 5.74) is 0. The zero-order valence-electron chi connectivity index (χ0n) is 5.28. The molecule has 0 radical (unpaired) electrons. The minimum absolute atomic E-state index is 0.0104. The topological polar surface area (TPSA) is 49.8 Å². The Kier molecular flexibility index (Phi) is 0.990. The Hall–Kier alpha value is -1.03. The Bertz CT molecular complexity index is 211. The number of ether oxygens (including phenoxy) is 1. The van der Waals surface area contributed by atoms with E-state index in [1.807, 2.05) is 0 Å². The lowest BCUT2D eigenvalue weighted by Crippen LogP contribution is -2.53. The summed E-state index contributed by atoms with van der Waals surface area (Å²) in [6.45, 7) is 0.231. The number of hydrogen-bond donors (Lipinski definition) is 1. The van der Waals surface area contributed by atoms with Crippen LogP contribution in [0.15, 0.2) is 12.0 Å². The Morgan fingerprint density at radius 2 is 2.60 bits per heavy atom. The number of β-lactam (4-membered cyclic amide) rings is 1. The molecule has 4 nitrogen and oxygen atoms in total. The van der Waals surface area contributed by atoms with Crippen LogP contribution in [0.2, 0.25) is 0 Å². The van der Waals surface area contributed by atoms with Crippen LogP contribution < -0.4 is 0 Å². The van der Waals surface area contributed by atoms with Gasteiger partial charge in [-0.2, -0.15) is 0 Å². The molecule has 0 aromatic heterocycles. The standard InChI is InChI=1S/C6H7NO3/c8-4-2-7-5(9)1-6(7)10-3-4/h2,6,8H,1,3H2/t6-/m0/s1. The van der Waals surface area contributed by atoms with Crippen LogP contribution in [0.3, 0.4) is 0 Å². The summed E-state index contributed by atoms with van der Waals surface area (Å²) in [4.78, 5) is 12.1. The normalized spacial score (nSPS) is 30.8. The van der Waals surface area contributed by atoms with Gasteiger partial charge in [-0.25, -0.2) is 0 Å². The van der Waals surface area contributed by atoms with Crippen molar-refractivity contribution in [2.45, 2.75) is 12.6 Å². The minimum atomic E-state index is -0.108. The van der Waals surface area contributed by atoms with E-state index in [2.05, 4.69) is 0 Å². The first kappa shape index (κ1) is 5.73. The molecule has 2 heterocycles. The van der Waals surface area contributed by atoms with Gasteiger partial charge >= 0.3 is 0 Å². The Morgan fingerprint density at radius 1 is 1.80 bits per heavy atom. The van der Waals surface area contributed by atoms with Crippen molar-refractivity contribution in [2.75, 3.05) is 6.61 Å². The van der Waals surface area contributed by atoms with E-state index >= 15 is 0 Å². The third kappa shape index (κ3) is 0.623. The predicted molar refractivity (Wildman–Crippen MR) is 31.9 cm³/mol. The Morgan fingerprint density at radius 3 is 3.20 bits per heavy atom. The number of aliphatic hydroxyl groups is 1. The second kappa shape index (κ2) is 1.73. The van der Waals surface area contributed by atoms with Crippen molar-refractivity contribution < 1.29 is 14.6 Å². The summed E-state index contributed by atoms with van der Waals surface area (Å²) in [5, 5.41) is 8.89. The van der Waals surface area contributed by atoms with E-state index in [0.29, 0.717) is 6.42 Å². The third-order valence-corrected chi connectivity index (χ3v) is 1.66. The highest BCUT2D eigenvalue weighted by Gasteiger charge is 2.38. The van der Waals surface area contributed by atoms with Gasteiger partial charge in [0.2, 0.25) is 5.91 Å². The van der Waals surface area contributed by atoms with Gasteiger partial charge in [-0.05, 0) is 0 Å². The van der Waals surface area contributed by atoms with Crippen LogP contribution in [0.4, 0.5) is 0 Å². The van der Waals surface area contributed by atoms with E-state index < -0.39 is 0 Å². The molecule has 0 aliphatic carbocycles. The summed E-state index contributed by atoms with van der Waals surface area (Å²) in [5.74, 6) is 0.126. The van der Waals surface area contributed by atoms with Crippen LogP contribution in [0.5, 0.6) is 0 Å².